The van der Waals surface area contributed by atoms with Gasteiger partial charge in [-0.15, -0.1) is 5.10 Å². The zero-order chi connectivity index (χ0) is 18.5. The number of aromatic hydroxyl groups is 1. The van der Waals surface area contributed by atoms with Crippen LogP contribution in [0.3, 0.4) is 0 Å². The van der Waals surface area contributed by atoms with Gasteiger partial charge in [0.1, 0.15) is 17.3 Å². The minimum Gasteiger partial charge on any atom is -0.508 e. The lowest BCUT2D eigenvalue weighted by Crippen LogP contribution is -2.12. The van der Waals surface area contributed by atoms with Gasteiger partial charge in [0.2, 0.25) is 0 Å². The van der Waals surface area contributed by atoms with Gasteiger partial charge >= 0.3 is 0 Å². The predicted octanol–water partition coefficient (Wildman–Crippen LogP) is 3.30. The molecule has 1 heterocycles. The zero-order valence-corrected chi connectivity index (χ0v) is 13.4. The van der Waals surface area contributed by atoms with E-state index in [-0.39, 0.29) is 17.3 Å². The van der Waals surface area contributed by atoms with E-state index in [0.717, 1.165) is 0 Å². The summed E-state index contributed by atoms with van der Waals surface area (Å²) in [6.07, 6.45) is 1.35. The predicted molar refractivity (Wildman–Crippen MR) is 97.2 cm³/mol. The van der Waals surface area contributed by atoms with E-state index in [9.17, 15) is 15.2 Å². The molecule has 26 heavy (non-hydrogen) atoms. The van der Waals surface area contributed by atoms with Crippen LogP contribution in [0.4, 0.5) is 5.69 Å². The minimum atomic E-state index is -0.464. The summed E-state index contributed by atoms with van der Waals surface area (Å²) in [6, 6.07) is 15.8. The van der Waals surface area contributed by atoms with Crippen LogP contribution in [0.2, 0.25) is 0 Å². The highest BCUT2D eigenvalue weighted by Gasteiger charge is 2.16. The Morgan fingerprint density at radius 1 is 1.12 bits per heavy atom. The maximum atomic E-state index is 11.1. The van der Waals surface area contributed by atoms with Crippen molar-refractivity contribution in [2.24, 2.45) is 15.9 Å². The molecule has 0 aliphatic rings. The van der Waals surface area contributed by atoms with Crippen LogP contribution < -0.4 is 5.73 Å². The normalized spacial score (nSPS) is 11.8. The van der Waals surface area contributed by atoms with Crippen molar-refractivity contribution >= 4 is 17.7 Å². The Morgan fingerprint density at radius 2 is 1.85 bits per heavy atom. The molecule has 0 radical (unpaired) electrons. The van der Waals surface area contributed by atoms with E-state index in [1.807, 2.05) is 0 Å². The van der Waals surface area contributed by atoms with Gasteiger partial charge in [-0.1, -0.05) is 12.1 Å². The molecule has 1 aromatic heterocycles. The zero-order valence-electron chi connectivity index (χ0n) is 13.4. The number of hydrogen-bond acceptors (Lipinski definition) is 6. The van der Waals surface area contributed by atoms with Crippen molar-refractivity contribution in [3.63, 3.8) is 0 Å². The fourth-order valence-corrected chi connectivity index (χ4v) is 2.25. The molecule has 0 unspecified atom stereocenters. The highest BCUT2D eigenvalue weighted by molar-refractivity contribution is 5.97. The summed E-state index contributed by atoms with van der Waals surface area (Å²) in [7, 11) is 0. The van der Waals surface area contributed by atoms with Crippen LogP contribution in [0.15, 0.2) is 75.3 Å². The van der Waals surface area contributed by atoms with Crippen molar-refractivity contribution in [2.75, 3.05) is 0 Å². The van der Waals surface area contributed by atoms with Gasteiger partial charge in [-0.2, -0.15) is 5.10 Å². The molecule has 0 saturated carbocycles. The van der Waals surface area contributed by atoms with E-state index < -0.39 is 4.92 Å². The fraction of sp³-hybridized carbons (Fsp3) is 0. The Bertz CT molecular complexity index is 990. The van der Waals surface area contributed by atoms with Crippen molar-refractivity contribution in [1.82, 2.24) is 0 Å². The molecule has 2 aromatic carbocycles. The maximum Gasteiger partial charge on any atom is 0.280 e. The van der Waals surface area contributed by atoms with Crippen LogP contribution in [0.1, 0.15) is 11.3 Å². The second-order valence-corrected chi connectivity index (χ2v) is 5.25. The Hall–Kier alpha value is -3.94. The van der Waals surface area contributed by atoms with Crippen LogP contribution in [-0.4, -0.2) is 22.1 Å². The van der Waals surface area contributed by atoms with Gasteiger partial charge in [-0.3, -0.25) is 10.1 Å². The number of phenols is 1. The number of nitro benzene ring substituents is 1. The summed E-state index contributed by atoms with van der Waals surface area (Å²) in [5.74, 6) is 1.03. The first-order chi connectivity index (χ1) is 12.5. The molecule has 0 atom stereocenters. The third-order valence-electron chi connectivity index (χ3n) is 3.51. The van der Waals surface area contributed by atoms with Crippen molar-refractivity contribution in [2.45, 2.75) is 0 Å². The first-order valence-corrected chi connectivity index (χ1v) is 7.54. The second kappa shape index (κ2) is 7.31. The SMILES string of the molecule is N/C(=N/N=C/c1ccc(-c2ccccc2[N+](=O)[O-])o1)c1ccc(O)cc1. The quantitative estimate of drug-likeness (QED) is 0.316. The van der Waals surface area contributed by atoms with E-state index in [1.165, 1.54) is 24.4 Å². The molecule has 8 heteroatoms. The molecule has 0 aliphatic heterocycles. The molecular formula is C18H14N4O4. The van der Waals surface area contributed by atoms with Gasteiger partial charge in [0, 0.05) is 11.6 Å². The summed E-state index contributed by atoms with van der Waals surface area (Å²) >= 11 is 0. The van der Waals surface area contributed by atoms with Crippen LogP contribution in [0, 0.1) is 10.1 Å². The number of hydrogen-bond donors (Lipinski definition) is 2. The van der Waals surface area contributed by atoms with Gasteiger partial charge in [-0.05, 0) is 42.5 Å². The maximum absolute atomic E-state index is 11.1. The average molecular weight is 350 g/mol. The van der Waals surface area contributed by atoms with Crippen molar-refractivity contribution < 1.29 is 14.4 Å². The summed E-state index contributed by atoms with van der Waals surface area (Å²) < 4.78 is 5.57. The highest BCUT2D eigenvalue weighted by atomic mass is 16.6. The Kier molecular flexibility index (Phi) is 4.75. The number of benzene rings is 2. The Balaban J connectivity index is 1.78. The van der Waals surface area contributed by atoms with Crippen molar-refractivity contribution in [3.05, 3.63) is 82.1 Å². The third kappa shape index (κ3) is 3.75. The van der Waals surface area contributed by atoms with Crippen LogP contribution in [0.5, 0.6) is 5.75 Å². The number of phenolic OH excluding ortho intramolecular Hbond substituents is 1. The summed E-state index contributed by atoms with van der Waals surface area (Å²) in [4.78, 5) is 10.6. The molecule has 0 aliphatic carbocycles. The Morgan fingerprint density at radius 3 is 2.58 bits per heavy atom. The molecule has 0 bridgehead atoms. The van der Waals surface area contributed by atoms with Gasteiger partial charge in [0.15, 0.2) is 5.84 Å². The minimum absolute atomic E-state index is 0.0417. The molecule has 3 rings (SSSR count). The van der Waals surface area contributed by atoms with Gasteiger partial charge in [0.25, 0.3) is 5.69 Å². The molecule has 0 fully saturated rings. The number of nitro groups is 1. The number of amidine groups is 1. The topological polar surface area (TPSA) is 127 Å². The second-order valence-electron chi connectivity index (χ2n) is 5.25. The first-order valence-electron chi connectivity index (χ1n) is 7.54. The monoisotopic (exact) mass is 350 g/mol. The number of para-hydroxylation sites is 1. The number of nitrogens with two attached hydrogens (primary N) is 1. The highest BCUT2D eigenvalue weighted by Crippen LogP contribution is 2.30. The van der Waals surface area contributed by atoms with Gasteiger partial charge in [-0.25, -0.2) is 0 Å². The van der Waals surface area contributed by atoms with E-state index in [4.69, 9.17) is 10.2 Å². The molecule has 3 aromatic rings. The summed E-state index contributed by atoms with van der Waals surface area (Å²) in [6.45, 7) is 0. The first kappa shape index (κ1) is 16.9. The molecule has 0 saturated heterocycles. The molecule has 3 N–H and O–H groups in total. The number of furan rings is 1. The van der Waals surface area contributed by atoms with E-state index >= 15 is 0 Å². The smallest absolute Gasteiger partial charge is 0.280 e. The van der Waals surface area contributed by atoms with Crippen LogP contribution in [-0.2, 0) is 0 Å². The van der Waals surface area contributed by atoms with E-state index in [0.29, 0.717) is 22.6 Å². The Labute approximate surface area is 148 Å². The van der Waals surface area contributed by atoms with Gasteiger partial charge < -0.3 is 15.3 Å². The lowest BCUT2D eigenvalue weighted by Gasteiger charge is -1.98. The largest absolute Gasteiger partial charge is 0.508 e. The van der Waals surface area contributed by atoms with Crippen molar-refractivity contribution in [1.29, 1.82) is 0 Å². The number of rotatable bonds is 5. The van der Waals surface area contributed by atoms with Crippen molar-refractivity contribution in [3.8, 4) is 17.1 Å². The van der Waals surface area contributed by atoms with Crippen LogP contribution >= 0.6 is 0 Å². The van der Waals surface area contributed by atoms with E-state index in [2.05, 4.69) is 10.2 Å². The standard InChI is InChI=1S/C18H14N4O4/c19-18(12-5-7-13(23)8-6-12)21-20-11-14-9-10-17(26-14)15-3-1-2-4-16(15)22(24)25/h1-11,23H,(H2,19,21)/b20-11+. The fourth-order valence-electron chi connectivity index (χ4n) is 2.25. The molecule has 0 spiro atoms. The summed E-state index contributed by atoms with van der Waals surface area (Å²) in [5.41, 5.74) is 6.76. The number of nitrogens with zero attached hydrogens (tertiary/aromatic N) is 3. The van der Waals surface area contributed by atoms with Gasteiger partial charge in [0.05, 0.1) is 16.7 Å². The lowest BCUT2D eigenvalue weighted by molar-refractivity contribution is -0.384. The lowest BCUT2D eigenvalue weighted by atomic mass is 10.1. The molecule has 130 valence electrons. The third-order valence-corrected chi connectivity index (χ3v) is 3.51. The molecule has 8 nitrogen and oxygen atoms in total. The van der Waals surface area contributed by atoms with Crippen LogP contribution in [0.25, 0.3) is 11.3 Å². The molecule has 0 amide bonds. The van der Waals surface area contributed by atoms with E-state index in [1.54, 1.807) is 42.5 Å². The molecular weight excluding hydrogens is 336 g/mol. The summed E-state index contributed by atoms with van der Waals surface area (Å²) in [5, 5.41) is 28.1. The average Bonchev–Trinajstić information content (AvgIpc) is 3.11.